The molecule has 2 rings (SSSR count). The average Bonchev–Trinajstić information content (AvgIpc) is 3.08. The maximum Gasteiger partial charge on any atom is 0.331 e. The molecule has 8 heteroatoms. The molecule has 128 valence electrons. The van der Waals surface area contributed by atoms with Gasteiger partial charge in [0.15, 0.2) is 16.7 Å². The van der Waals surface area contributed by atoms with Gasteiger partial charge in [-0.3, -0.25) is 9.20 Å². The Balaban J connectivity index is 1.93. The number of imidazole rings is 1. The van der Waals surface area contributed by atoms with Gasteiger partial charge < -0.3 is 9.64 Å². The van der Waals surface area contributed by atoms with E-state index in [0.29, 0.717) is 23.9 Å². The first kappa shape index (κ1) is 18.2. The quantitative estimate of drug-likeness (QED) is 0.428. The lowest BCUT2D eigenvalue weighted by atomic mass is 10.3. The van der Waals surface area contributed by atoms with E-state index >= 15 is 0 Å². The summed E-state index contributed by atoms with van der Waals surface area (Å²) in [6.45, 7) is 8.14. The third kappa shape index (κ3) is 4.46. The molecule has 0 N–H and O–H groups in total. The Hall–Kier alpha value is -2.12. The van der Waals surface area contributed by atoms with Crippen LogP contribution in [0.5, 0.6) is 0 Å². The van der Waals surface area contributed by atoms with E-state index in [-0.39, 0.29) is 12.5 Å². The lowest BCUT2D eigenvalue weighted by molar-refractivity contribution is -0.147. The van der Waals surface area contributed by atoms with Crippen molar-refractivity contribution in [3.8, 4) is 0 Å². The standard InChI is InChI=1S/C16H18ClN3O3S/c1-4-19(9-11(2)3)13(21)10-23-14(22)6-5-12-15(17)18-16-20(12)7-8-24-16/h5-8H,2,4,9-10H2,1,3H3/b6-5+. The molecule has 0 spiro atoms. The predicted molar refractivity (Wildman–Crippen MR) is 95.1 cm³/mol. The van der Waals surface area contributed by atoms with Crippen molar-refractivity contribution < 1.29 is 14.3 Å². The summed E-state index contributed by atoms with van der Waals surface area (Å²) in [5.74, 6) is -0.874. The average molecular weight is 368 g/mol. The van der Waals surface area contributed by atoms with E-state index in [1.54, 1.807) is 9.30 Å². The van der Waals surface area contributed by atoms with E-state index in [2.05, 4.69) is 11.6 Å². The topological polar surface area (TPSA) is 63.9 Å². The Morgan fingerprint density at radius 1 is 1.54 bits per heavy atom. The molecule has 0 fully saturated rings. The van der Waals surface area contributed by atoms with Crippen LogP contribution in [0.25, 0.3) is 11.0 Å². The van der Waals surface area contributed by atoms with Crippen molar-refractivity contribution in [2.45, 2.75) is 13.8 Å². The summed E-state index contributed by atoms with van der Waals surface area (Å²) in [5, 5.41) is 2.18. The van der Waals surface area contributed by atoms with Crippen LogP contribution >= 0.6 is 22.9 Å². The Bertz CT molecular complexity index is 794. The summed E-state index contributed by atoms with van der Waals surface area (Å²) in [5.41, 5.74) is 1.46. The number of hydrogen-bond donors (Lipinski definition) is 0. The van der Waals surface area contributed by atoms with Crippen LogP contribution in [0.2, 0.25) is 5.15 Å². The highest BCUT2D eigenvalue weighted by atomic mass is 35.5. The molecule has 0 saturated heterocycles. The van der Waals surface area contributed by atoms with Gasteiger partial charge in [-0.25, -0.2) is 9.78 Å². The molecular weight excluding hydrogens is 350 g/mol. The van der Waals surface area contributed by atoms with Gasteiger partial charge in [-0.05, 0) is 19.9 Å². The smallest absolute Gasteiger partial charge is 0.331 e. The van der Waals surface area contributed by atoms with Gasteiger partial charge in [-0.15, -0.1) is 11.3 Å². The van der Waals surface area contributed by atoms with Gasteiger partial charge in [0.2, 0.25) is 0 Å². The van der Waals surface area contributed by atoms with Crippen LogP contribution in [0.15, 0.2) is 29.8 Å². The van der Waals surface area contributed by atoms with Crippen molar-refractivity contribution in [1.29, 1.82) is 0 Å². The molecule has 0 aliphatic carbocycles. The van der Waals surface area contributed by atoms with Crippen molar-refractivity contribution in [2.75, 3.05) is 19.7 Å². The molecule has 0 saturated carbocycles. The number of esters is 1. The summed E-state index contributed by atoms with van der Waals surface area (Å²) in [7, 11) is 0. The van der Waals surface area contributed by atoms with E-state index < -0.39 is 5.97 Å². The highest BCUT2D eigenvalue weighted by molar-refractivity contribution is 7.15. The van der Waals surface area contributed by atoms with Crippen LogP contribution in [0.3, 0.4) is 0 Å². The molecule has 0 aromatic carbocycles. The zero-order valence-corrected chi connectivity index (χ0v) is 15.1. The lowest BCUT2D eigenvalue weighted by Crippen LogP contribution is -2.35. The molecule has 2 heterocycles. The highest BCUT2D eigenvalue weighted by Crippen LogP contribution is 2.22. The lowest BCUT2D eigenvalue weighted by Gasteiger charge is -2.20. The number of likely N-dealkylation sites (N-methyl/N-ethyl adjacent to an activating group) is 1. The second kappa shape index (κ2) is 8.12. The van der Waals surface area contributed by atoms with Crippen LogP contribution in [-0.4, -0.2) is 45.9 Å². The molecule has 2 aromatic rings. The predicted octanol–water partition coefficient (Wildman–Crippen LogP) is 3.03. The van der Waals surface area contributed by atoms with E-state index in [0.717, 1.165) is 10.5 Å². The highest BCUT2D eigenvalue weighted by Gasteiger charge is 2.14. The largest absolute Gasteiger partial charge is 0.452 e. The number of fused-ring (bicyclic) bond motifs is 1. The van der Waals surface area contributed by atoms with Gasteiger partial charge in [-0.1, -0.05) is 23.8 Å². The van der Waals surface area contributed by atoms with Gasteiger partial charge in [0.05, 0.1) is 5.69 Å². The monoisotopic (exact) mass is 367 g/mol. The molecule has 0 aliphatic heterocycles. The maximum atomic E-state index is 12.0. The van der Waals surface area contributed by atoms with Crippen molar-refractivity contribution in [3.05, 3.63) is 40.7 Å². The van der Waals surface area contributed by atoms with Gasteiger partial charge in [-0.2, -0.15) is 0 Å². The van der Waals surface area contributed by atoms with Gasteiger partial charge >= 0.3 is 5.97 Å². The number of ether oxygens (including phenoxy) is 1. The normalized spacial score (nSPS) is 11.1. The Morgan fingerprint density at radius 2 is 2.29 bits per heavy atom. The number of aromatic nitrogens is 2. The van der Waals surface area contributed by atoms with Gasteiger partial charge in [0.25, 0.3) is 5.91 Å². The van der Waals surface area contributed by atoms with E-state index in [4.69, 9.17) is 16.3 Å². The van der Waals surface area contributed by atoms with Crippen molar-refractivity contribution in [1.82, 2.24) is 14.3 Å². The van der Waals surface area contributed by atoms with E-state index in [9.17, 15) is 9.59 Å². The number of carbonyl (C=O) groups is 2. The molecule has 0 aliphatic rings. The zero-order valence-electron chi connectivity index (χ0n) is 13.5. The van der Waals surface area contributed by atoms with Crippen LogP contribution in [0.4, 0.5) is 0 Å². The number of thiazole rings is 1. The summed E-state index contributed by atoms with van der Waals surface area (Å²) in [6.07, 6.45) is 4.56. The van der Waals surface area contributed by atoms with Crippen molar-refractivity contribution >= 4 is 45.9 Å². The van der Waals surface area contributed by atoms with Crippen molar-refractivity contribution in [2.24, 2.45) is 0 Å². The Labute approximate surface area is 149 Å². The molecule has 1 amide bonds. The first-order chi connectivity index (χ1) is 11.4. The van der Waals surface area contributed by atoms with Crippen LogP contribution < -0.4 is 0 Å². The van der Waals surface area contributed by atoms with E-state index in [1.807, 2.05) is 25.4 Å². The van der Waals surface area contributed by atoms with Gasteiger partial charge in [0, 0.05) is 30.7 Å². The second-order valence-electron chi connectivity index (χ2n) is 5.15. The number of rotatable bonds is 7. The molecule has 0 bridgehead atoms. The third-order valence-electron chi connectivity index (χ3n) is 3.16. The minimum absolute atomic E-state index is 0.259. The minimum Gasteiger partial charge on any atom is -0.452 e. The second-order valence-corrected chi connectivity index (χ2v) is 6.38. The fourth-order valence-electron chi connectivity index (χ4n) is 2.05. The SMILES string of the molecule is C=C(C)CN(CC)C(=O)COC(=O)/C=C/c1c(Cl)nc2sccn12. The fraction of sp³-hybridized carbons (Fsp3) is 0.312. The number of amides is 1. The molecule has 24 heavy (non-hydrogen) atoms. The number of carbonyl (C=O) groups excluding carboxylic acids is 2. The zero-order chi connectivity index (χ0) is 17.7. The van der Waals surface area contributed by atoms with Gasteiger partial charge in [0.1, 0.15) is 0 Å². The maximum absolute atomic E-state index is 12.0. The summed E-state index contributed by atoms with van der Waals surface area (Å²) >= 11 is 7.47. The van der Waals surface area contributed by atoms with E-state index in [1.165, 1.54) is 23.5 Å². The first-order valence-electron chi connectivity index (χ1n) is 7.30. The summed E-state index contributed by atoms with van der Waals surface area (Å²) in [4.78, 5) is 30.3. The summed E-state index contributed by atoms with van der Waals surface area (Å²) < 4.78 is 6.75. The minimum atomic E-state index is -0.615. The number of halogens is 1. The molecule has 0 radical (unpaired) electrons. The van der Waals surface area contributed by atoms with Crippen molar-refractivity contribution in [3.63, 3.8) is 0 Å². The molecule has 6 nitrogen and oxygen atoms in total. The fourth-order valence-corrected chi connectivity index (χ4v) is 3.05. The number of hydrogen-bond acceptors (Lipinski definition) is 5. The first-order valence-corrected chi connectivity index (χ1v) is 8.56. The molecule has 0 unspecified atom stereocenters. The molecular formula is C16H18ClN3O3S. The summed E-state index contributed by atoms with van der Waals surface area (Å²) in [6, 6.07) is 0. The van der Waals surface area contributed by atoms with Crippen LogP contribution in [0.1, 0.15) is 19.5 Å². The van der Waals surface area contributed by atoms with Crippen LogP contribution in [-0.2, 0) is 14.3 Å². The molecule has 2 aromatic heterocycles. The van der Waals surface area contributed by atoms with Crippen LogP contribution in [0, 0.1) is 0 Å². The third-order valence-corrected chi connectivity index (χ3v) is 4.20. The molecule has 0 atom stereocenters. The Morgan fingerprint density at radius 3 is 2.96 bits per heavy atom. The Kier molecular flexibility index (Phi) is 6.16. The number of nitrogens with zero attached hydrogens (tertiary/aromatic N) is 3.